The summed E-state index contributed by atoms with van der Waals surface area (Å²) in [5, 5.41) is 0. The number of halogens is 1. The molecule has 0 fully saturated rings. The van der Waals surface area contributed by atoms with E-state index >= 15 is 0 Å². The van der Waals surface area contributed by atoms with Crippen molar-refractivity contribution in [3.8, 4) is 0 Å². The lowest BCUT2D eigenvalue weighted by Crippen LogP contribution is -2.37. The molecule has 0 unspecified atom stereocenters. The summed E-state index contributed by atoms with van der Waals surface area (Å²) in [6, 6.07) is 2.05. The van der Waals surface area contributed by atoms with Crippen LogP contribution < -0.4 is 0 Å². The maximum absolute atomic E-state index is 12.0. The van der Waals surface area contributed by atoms with Crippen LogP contribution in [0.25, 0.3) is 0 Å². The smallest absolute Gasteiger partial charge is 0.246 e. The zero-order valence-electron chi connectivity index (χ0n) is 11.9. The molecule has 1 aromatic heterocycles. The Balaban J connectivity index is 1.99. The van der Waals surface area contributed by atoms with Gasteiger partial charge in [-0.2, -0.15) is 0 Å². The molecule has 0 spiro atoms. The third-order valence-electron chi connectivity index (χ3n) is 3.89. The van der Waals surface area contributed by atoms with Crippen molar-refractivity contribution in [1.82, 2.24) is 9.80 Å². The summed E-state index contributed by atoms with van der Waals surface area (Å²) >= 11 is 7.75. The van der Waals surface area contributed by atoms with Gasteiger partial charge < -0.3 is 9.80 Å². The zero-order chi connectivity index (χ0) is 15.0. The van der Waals surface area contributed by atoms with E-state index in [1.54, 1.807) is 11.3 Å². The average Bonchev–Trinajstić information content (AvgIpc) is 2.85. The van der Waals surface area contributed by atoms with Gasteiger partial charge >= 0.3 is 0 Å². The SMILES string of the molecule is C=CC(=O)N1Cc2sc(Cl)cc2[C@H](C2=CN(C)CC=C2)C1. The van der Waals surface area contributed by atoms with Crippen LogP contribution in [-0.2, 0) is 11.3 Å². The molecule has 0 aromatic carbocycles. The maximum Gasteiger partial charge on any atom is 0.246 e. The molecule has 0 aliphatic carbocycles. The molecule has 0 saturated heterocycles. The van der Waals surface area contributed by atoms with Crippen LogP contribution in [0.5, 0.6) is 0 Å². The summed E-state index contributed by atoms with van der Waals surface area (Å²) in [4.78, 5) is 17.2. The number of allylic oxidation sites excluding steroid dienone is 1. The number of carbonyl (C=O) groups is 1. The van der Waals surface area contributed by atoms with E-state index in [-0.39, 0.29) is 11.8 Å². The number of thiophene rings is 1. The van der Waals surface area contributed by atoms with Crippen molar-refractivity contribution in [2.75, 3.05) is 20.1 Å². The summed E-state index contributed by atoms with van der Waals surface area (Å²) in [7, 11) is 2.06. The first kappa shape index (κ1) is 14.4. The predicted octanol–water partition coefficient (Wildman–Crippen LogP) is 3.40. The van der Waals surface area contributed by atoms with E-state index < -0.39 is 0 Å². The number of rotatable bonds is 2. The van der Waals surface area contributed by atoms with Gasteiger partial charge in [-0.05, 0) is 23.3 Å². The Kier molecular flexibility index (Phi) is 3.91. The molecule has 21 heavy (non-hydrogen) atoms. The Morgan fingerprint density at radius 1 is 1.57 bits per heavy atom. The fourth-order valence-corrected chi connectivity index (χ4v) is 4.23. The van der Waals surface area contributed by atoms with Gasteiger partial charge in [0.05, 0.1) is 10.9 Å². The van der Waals surface area contributed by atoms with Crippen LogP contribution in [0.1, 0.15) is 16.4 Å². The molecule has 3 heterocycles. The van der Waals surface area contributed by atoms with Crippen LogP contribution in [-0.4, -0.2) is 35.8 Å². The highest BCUT2D eigenvalue weighted by molar-refractivity contribution is 7.16. The van der Waals surface area contributed by atoms with Gasteiger partial charge in [-0.25, -0.2) is 0 Å². The second-order valence-electron chi connectivity index (χ2n) is 5.38. The Hall–Kier alpha value is -1.52. The molecule has 2 aliphatic rings. The van der Waals surface area contributed by atoms with Crippen LogP contribution in [0, 0.1) is 0 Å². The highest BCUT2D eigenvalue weighted by atomic mass is 35.5. The van der Waals surface area contributed by atoms with Gasteiger partial charge in [0.15, 0.2) is 0 Å². The van der Waals surface area contributed by atoms with Gasteiger partial charge in [0.1, 0.15) is 0 Å². The molecule has 0 N–H and O–H groups in total. The van der Waals surface area contributed by atoms with Crippen molar-refractivity contribution in [2.45, 2.75) is 12.5 Å². The highest BCUT2D eigenvalue weighted by Crippen LogP contribution is 2.41. The van der Waals surface area contributed by atoms with Crippen LogP contribution in [0.3, 0.4) is 0 Å². The molecular formula is C16H17ClN2OS. The number of carbonyl (C=O) groups excluding carboxylic acids is 1. The van der Waals surface area contributed by atoms with Crippen LogP contribution in [0.4, 0.5) is 0 Å². The minimum atomic E-state index is -0.0242. The minimum absolute atomic E-state index is 0.0242. The first-order valence-corrected chi connectivity index (χ1v) is 8.06. The Morgan fingerprint density at radius 2 is 2.38 bits per heavy atom. The fraction of sp³-hybridized carbons (Fsp3) is 0.312. The second-order valence-corrected chi connectivity index (χ2v) is 7.14. The molecule has 2 aliphatic heterocycles. The molecule has 1 aromatic rings. The van der Waals surface area contributed by atoms with E-state index in [1.165, 1.54) is 22.1 Å². The number of amides is 1. The standard InChI is InChI=1S/C16H17ClN2OS/c1-3-16(20)19-9-13(11-5-4-6-18(2)8-11)12-7-15(17)21-14(12)10-19/h3-5,7-8,13H,1,6,9-10H2,2H3/t13-/m0/s1. The summed E-state index contributed by atoms with van der Waals surface area (Å²) in [5.41, 5.74) is 2.48. The lowest BCUT2D eigenvalue weighted by atomic mass is 9.87. The average molecular weight is 321 g/mol. The molecule has 1 amide bonds. The Labute approximate surface area is 133 Å². The number of hydrogen-bond acceptors (Lipinski definition) is 3. The first-order valence-electron chi connectivity index (χ1n) is 6.86. The van der Waals surface area contributed by atoms with Gasteiger partial charge in [0, 0.05) is 37.1 Å². The molecule has 0 bridgehead atoms. The third-order valence-corrected chi connectivity index (χ3v) is 5.15. The molecular weight excluding hydrogens is 304 g/mol. The van der Waals surface area contributed by atoms with Crippen molar-refractivity contribution in [3.63, 3.8) is 0 Å². The molecule has 3 nitrogen and oxygen atoms in total. The molecule has 0 radical (unpaired) electrons. The number of fused-ring (bicyclic) bond motifs is 1. The first-order chi connectivity index (χ1) is 10.1. The fourth-order valence-electron chi connectivity index (χ4n) is 2.88. The monoisotopic (exact) mass is 320 g/mol. The number of hydrogen-bond donors (Lipinski definition) is 0. The Morgan fingerprint density at radius 3 is 3.10 bits per heavy atom. The largest absolute Gasteiger partial charge is 0.376 e. The van der Waals surface area contributed by atoms with Gasteiger partial charge in [0.2, 0.25) is 5.91 Å². The van der Waals surface area contributed by atoms with Gasteiger partial charge in [-0.15, -0.1) is 11.3 Å². The topological polar surface area (TPSA) is 23.6 Å². The predicted molar refractivity (Wildman–Crippen MR) is 87.5 cm³/mol. The second kappa shape index (κ2) is 5.70. The minimum Gasteiger partial charge on any atom is -0.376 e. The molecule has 3 rings (SSSR count). The Bertz CT molecular complexity index is 647. The van der Waals surface area contributed by atoms with Crippen LogP contribution >= 0.6 is 22.9 Å². The van der Waals surface area contributed by atoms with E-state index in [0.29, 0.717) is 13.1 Å². The van der Waals surface area contributed by atoms with Crippen LogP contribution in [0.2, 0.25) is 4.34 Å². The molecule has 1 atom stereocenters. The molecule has 5 heteroatoms. The van der Waals surface area contributed by atoms with Crippen molar-refractivity contribution in [2.24, 2.45) is 0 Å². The van der Waals surface area contributed by atoms with Gasteiger partial charge in [-0.1, -0.05) is 30.3 Å². The van der Waals surface area contributed by atoms with Crippen molar-refractivity contribution in [3.05, 3.63) is 57.4 Å². The van der Waals surface area contributed by atoms with E-state index in [0.717, 1.165) is 10.9 Å². The van der Waals surface area contributed by atoms with E-state index in [1.807, 2.05) is 11.0 Å². The maximum atomic E-state index is 12.0. The normalized spacial score (nSPS) is 21.0. The molecule has 110 valence electrons. The van der Waals surface area contributed by atoms with E-state index in [9.17, 15) is 4.79 Å². The van der Waals surface area contributed by atoms with Crippen molar-refractivity contribution < 1.29 is 4.79 Å². The summed E-state index contributed by atoms with van der Waals surface area (Å²) in [6.45, 7) is 5.82. The zero-order valence-corrected chi connectivity index (χ0v) is 13.5. The van der Waals surface area contributed by atoms with Gasteiger partial charge in [-0.3, -0.25) is 4.79 Å². The van der Waals surface area contributed by atoms with Crippen LogP contribution in [0.15, 0.2) is 42.6 Å². The van der Waals surface area contributed by atoms with E-state index in [4.69, 9.17) is 11.6 Å². The molecule has 0 saturated carbocycles. The summed E-state index contributed by atoms with van der Waals surface area (Å²) < 4.78 is 0.784. The van der Waals surface area contributed by atoms with Crippen molar-refractivity contribution >= 4 is 28.8 Å². The van der Waals surface area contributed by atoms with E-state index in [2.05, 4.69) is 36.9 Å². The highest BCUT2D eigenvalue weighted by Gasteiger charge is 2.31. The number of nitrogens with zero attached hydrogens (tertiary/aromatic N) is 2. The lowest BCUT2D eigenvalue weighted by Gasteiger charge is -2.34. The quantitative estimate of drug-likeness (QED) is 0.780. The van der Waals surface area contributed by atoms with Gasteiger partial charge in [0.25, 0.3) is 0 Å². The van der Waals surface area contributed by atoms with Crippen molar-refractivity contribution in [1.29, 1.82) is 0 Å². The number of likely N-dealkylation sites (N-methyl/N-ethyl adjacent to an activating group) is 1. The lowest BCUT2D eigenvalue weighted by molar-refractivity contribution is -0.127. The summed E-state index contributed by atoms with van der Waals surface area (Å²) in [6.07, 6.45) is 7.84. The third kappa shape index (κ3) is 2.78. The summed E-state index contributed by atoms with van der Waals surface area (Å²) in [5.74, 6) is 0.157.